The van der Waals surface area contributed by atoms with Crippen LogP contribution in [0.5, 0.6) is 0 Å². The summed E-state index contributed by atoms with van der Waals surface area (Å²) in [6, 6.07) is 3.58. The number of likely N-dealkylation sites (tertiary alicyclic amines) is 1. The molecule has 1 aromatic heterocycles. The molecule has 1 atom stereocenters. The molecule has 0 bridgehead atoms. The topological polar surface area (TPSA) is 99.8 Å². The van der Waals surface area contributed by atoms with Crippen LogP contribution in [0.3, 0.4) is 0 Å². The minimum Gasteiger partial charge on any atom is -0.481 e. The maximum atomic E-state index is 12.1. The highest BCUT2D eigenvalue weighted by Crippen LogP contribution is 2.20. The lowest BCUT2D eigenvalue weighted by Crippen LogP contribution is -2.33. The molecule has 0 saturated carbocycles. The standard InChI is InChI=1S/C17H24N2O5/c20-15-10-13(11-19(15)12-14-6-5-9-24-14)17(23)18-8-4-2-1-3-7-16(21)22/h5-6,9,13H,1-4,7-8,10-12H2,(H,18,23)(H,21,22)/t13-/m0/s1. The Balaban J connectivity index is 1.61. The lowest BCUT2D eigenvalue weighted by atomic mass is 10.1. The predicted octanol–water partition coefficient (Wildman–Crippen LogP) is 1.78. The molecule has 1 aromatic rings. The zero-order valence-corrected chi connectivity index (χ0v) is 13.7. The number of carbonyl (C=O) groups is 3. The molecule has 7 heteroatoms. The molecule has 7 nitrogen and oxygen atoms in total. The third-order valence-electron chi connectivity index (χ3n) is 4.13. The van der Waals surface area contributed by atoms with Crippen LogP contribution in [0, 0.1) is 5.92 Å². The Bertz CT molecular complexity index is 555. The van der Waals surface area contributed by atoms with Crippen molar-refractivity contribution < 1.29 is 23.9 Å². The van der Waals surface area contributed by atoms with Gasteiger partial charge in [-0.05, 0) is 25.0 Å². The number of rotatable bonds is 10. The number of nitrogens with one attached hydrogen (secondary N) is 1. The number of unbranched alkanes of at least 4 members (excludes halogenated alkanes) is 3. The molecule has 2 heterocycles. The smallest absolute Gasteiger partial charge is 0.303 e. The van der Waals surface area contributed by atoms with Gasteiger partial charge in [0.05, 0.1) is 18.7 Å². The monoisotopic (exact) mass is 336 g/mol. The summed E-state index contributed by atoms with van der Waals surface area (Å²) in [5, 5.41) is 11.4. The van der Waals surface area contributed by atoms with Crippen molar-refractivity contribution in [3.8, 4) is 0 Å². The van der Waals surface area contributed by atoms with Crippen LogP contribution in [0.25, 0.3) is 0 Å². The molecular weight excluding hydrogens is 312 g/mol. The third kappa shape index (κ3) is 5.72. The van der Waals surface area contributed by atoms with Gasteiger partial charge in [0, 0.05) is 25.9 Å². The van der Waals surface area contributed by atoms with Gasteiger partial charge in [-0.15, -0.1) is 0 Å². The molecular formula is C17H24N2O5. The molecule has 0 aromatic carbocycles. The van der Waals surface area contributed by atoms with E-state index in [0.717, 1.165) is 19.3 Å². The number of amides is 2. The molecule has 2 N–H and O–H groups in total. The maximum Gasteiger partial charge on any atom is 0.303 e. The van der Waals surface area contributed by atoms with Gasteiger partial charge >= 0.3 is 5.97 Å². The normalized spacial score (nSPS) is 17.2. The van der Waals surface area contributed by atoms with E-state index in [-0.39, 0.29) is 30.6 Å². The molecule has 132 valence electrons. The third-order valence-corrected chi connectivity index (χ3v) is 4.13. The van der Waals surface area contributed by atoms with Gasteiger partial charge in [0.1, 0.15) is 5.76 Å². The first kappa shape index (κ1) is 18.0. The van der Waals surface area contributed by atoms with E-state index in [4.69, 9.17) is 9.52 Å². The van der Waals surface area contributed by atoms with Gasteiger partial charge in [-0.2, -0.15) is 0 Å². The second-order valence-corrected chi connectivity index (χ2v) is 6.10. The van der Waals surface area contributed by atoms with Gasteiger partial charge in [-0.1, -0.05) is 12.8 Å². The first-order valence-corrected chi connectivity index (χ1v) is 8.36. The van der Waals surface area contributed by atoms with Gasteiger partial charge in [-0.25, -0.2) is 0 Å². The lowest BCUT2D eigenvalue weighted by Gasteiger charge is -2.15. The molecule has 0 aliphatic carbocycles. The first-order chi connectivity index (χ1) is 11.6. The molecule has 0 spiro atoms. The summed E-state index contributed by atoms with van der Waals surface area (Å²) in [4.78, 5) is 36.1. The van der Waals surface area contributed by atoms with Gasteiger partial charge < -0.3 is 19.7 Å². The Morgan fingerprint density at radius 2 is 2.08 bits per heavy atom. The van der Waals surface area contributed by atoms with Crippen molar-refractivity contribution in [1.82, 2.24) is 10.2 Å². The highest BCUT2D eigenvalue weighted by molar-refractivity contribution is 5.89. The largest absolute Gasteiger partial charge is 0.481 e. The second-order valence-electron chi connectivity index (χ2n) is 6.10. The summed E-state index contributed by atoms with van der Waals surface area (Å²) in [5.41, 5.74) is 0. The van der Waals surface area contributed by atoms with Crippen molar-refractivity contribution >= 4 is 17.8 Å². The van der Waals surface area contributed by atoms with Crippen molar-refractivity contribution in [2.45, 2.75) is 45.1 Å². The number of furan rings is 1. The highest BCUT2D eigenvalue weighted by Gasteiger charge is 2.34. The van der Waals surface area contributed by atoms with Crippen molar-refractivity contribution in [3.05, 3.63) is 24.2 Å². The Morgan fingerprint density at radius 1 is 1.29 bits per heavy atom. The van der Waals surface area contributed by atoms with E-state index >= 15 is 0 Å². The van der Waals surface area contributed by atoms with Crippen molar-refractivity contribution in [3.63, 3.8) is 0 Å². The molecule has 0 radical (unpaired) electrons. The van der Waals surface area contributed by atoms with E-state index in [2.05, 4.69) is 5.32 Å². The number of carboxylic acids is 1. The minimum atomic E-state index is -0.770. The zero-order valence-electron chi connectivity index (χ0n) is 13.7. The van der Waals surface area contributed by atoms with Crippen LogP contribution in [-0.4, -0.2) is 40.9 Å². The molecule has 1 aliphatic heterocycles. The Kier molecular flexibility index (Phi) is 6.84. The van der Waals surface area contributed by atoms with Gasteiger partial charge in [-0.3, -0.25) is 14.4 Å². The Morgan fingerprint density at radius 3 is 2.79 bits per heavy atom. The van der Waals surface area contributed by atoms with E-state index in [9.17, 15) is 14.4 Å². The molecule has 1 fully saturated rings. The number of carboxylic acid groups (broad SMARTS) is 1. The molecule has 2 amide bonds. The summed E-state index contributed by atoms with van der Waals surface area (Å²) >= 11 is 0. The Hall–Kier alpha value is -2.31. The number of aliphatic carboxylic acids is 1. The van der Waals surface area contributed by atoms with Crippen LogP contribution in [0.2, 0.25) is 0 Å². The highest BCUT2D eigenvalue weighted by atomic mass is 16.4. The number of hydrogen-bond donors (Lipinski definition) is 2. The quantitative estimate of drug-likeness (QED) is 0.634. The molecule has 2 rings (SSSR count). The number of hydrogen-bond acceptors (Lipinski definition) is 4. The maximum absolute atomic E-state index is 12.1. The van der Waals surface area contributed by atoms with E-state index in [1.807, 2.05) is 6.07 Å². The van der Waals surface area contributed by atoms with E-state index in [1.165, 1.54) is 0 Å². The SMILES string of the molecule is O=C(O)CCCCCCNC(=O)[C@H]1CC(=O)N(Cc2ccco2)C1. The number of nitrogens with zero attached hydrogens (tertiary/aromatic N) is 1. The summed E-state index contributed by atoms with van der Waals surface area (Å²) < 4.78 is 5.23. The van der Waals surface area contributed by atoms with Gasteiger partial charge in [0.25, 0.3) is 0 Å². The summed E-state index contributed by atoms with van der Waals surface area (Å²) in [6.07, 6.45) is 5.23. The van der Waals surface area contributed by atoms with Crippen LogP contribution in [0.4, 0.5) is 0 Å². The molecule has 0 unspecified atom stereocenters. The van der Waals surface area contributed by atoms with Crippen LogP contribution < -0.4 is 5.32 Å². The number of carbonyl (C=O) groups excluding carboxylic acids is 2. The fraction of sp³-hybridized carbons (Fsp3) is 0.588. The van der Waals surface area contributed by atoms with Crippen molar-refractivity contribution in [1.29, 1.82) is 0 Å². The van der Waals surface area contributed by atoms with Crippen LogP contribution >= 0.6 is 0 Å². The van der Waals surface area contributed by atoms with E-state index < -0.39 is 5.97 Å². The lowest BCUT2D eigenvalue weighted by molar-refractivity contribution is -0.137. The summed E-state index contributed by atoms with van der Waals surface area (Å²) in [7, 11) is 0. The molecule has 24 heavy (non-hydrogen) atoms. The predicted molar refractivity (Wildman–Crippen MR) is 86.0 cm³/mol. The Labute approximate surface area is 141 Å². The fourth-order valence-corrected chi connectivity index (χ4v) is 2.80. The second kappa shape index (κ2) is 9.10. The van der Waals surface area contributed by atoms with Crippen LogP contribution in [0.1, 0.15) is 44.3 Å². The summed E-state index contributed by atoms with van der Waals surface area (Å²) in [5.74, 6) is -0.477. The van der Waals surface area contributed by atoms with Crippen molar-refractivity contribution in [2.75, 3.05) is 13.1 Å². The summed E-state index contributed by atoms with van der Waals surface area (Å²) in [6.45, 7) is 1.39. The average molecular weight is 336 g/mol. The molecule has 1 aliphatic rings. The van der Waals surface area contributed by atoms with E-state index in [0.29, 0.717) is 31.8 Å². The van der Waals surface area contributed by atoms with Crippen LogP contribution in [0.15, 0.2) is 22.8 Å². The van der Waals surface area contributed by atoms with Gasteiger partial charge in [0.15, 0.2) is 0 Å². The van der Waals surface area contributed by atoms with Gasteiger partial charge in [0.2, 0.25) is 11.8 Å². The fourth-order valence-electron chi connectivity index (χ4n) is 2.80. The van der Waals surface area contributed by atoms with Crippen molar-refractivity contribution in [2.24, 2.45) is 5.92 Å². The minimum absolute atomic E-state index is 0.0276. The zero-order chi connectivity index (χ0) is 17.4. The molecule has 1 saturated heterocycles. The average Bonchev–Trinajstić information content (AvgIpc) is 3.17. The van der Waals surface area contributed by atoms with E-state index in [1.54, 1.807) is 17.2 Å². The first-order valence-electron chi connectivity index (χ1n) is 8.36. The van der Waals surface area contributed by atoms with Crippen LogP contribution in [-0.2, 0) is 20.9 Å².